The number of benzene rings is 1. The van der Waals surface area contributed by atoms with Crippen molar-refractivity contribution in [2.24, 2.45) is 0 Å². The molecule has 0 bridgehead atoms. The fourth-order valence-corrected chi connectivity index (χ4v) is 3.15. The molecule has 2 heterocycles. The van der Waals surface area contributed by atoms with E-state index >= 15 is 0 Å². The van der Waals surface area contributed by atoms with Crippen LogP contribution >= 0.6 is 11.3 Å². The quantitative estimate of drug-likeness (QED) is 0.875. The SMILES string of the molecule is CC(C)c1nnc(NC(=O)[C@@]2(C)Cc3ccccc3C(=O)O2)s1. The number of nitrogens with zero attached hydrogens (tertiary/aromatic N) is 2. The van der Waals surface area contributed by atoms with E-state index in [4.69, 9.17) is 4.74 Å². The highest BCUT2D eigenvalue weighted by Crippen LogP contribution is 2.30. The van der Waals surface area contributed by atoms with Gasteiger partial charge in [0.1, 0.15) is 5.01 Å². The molecule has 0 aliphatic carbocycles. The summed E-state index contributed by atoms with van der Waals surface area (Å²) in [5, 5.41) is 12.0. The molecule has 1 N–H and O–H groups in total. The summed E-state index contributed by atoms with van der Waals surface area (Å²) in [6.45, 7) is 5.63. The lowest BCUT2D eigenvalue weighted by Crippen LogP contribution is -2.48. The molecule has 0 spiro atoms. The number of carbonyl (C=O) groups is 2. The van der Waals surface area contributed by atoms with Crippen molar-refractivity contribution >= 4 is 28.3 Å². The molecule has 3 rings (SSSR count). The van der Waals surface area contributed by atoms with Gasteiger partial charge >= 0.3 is 5.97 Å². The van der Waals surface area contributed by atoms with Crippen LogP contribution < -0.4 is 5.32 Å². The number of rotatable bonds is 3. The van der Waals surface area contributed by atoms with E-state index in [1.807, 2.05) is 26.0 Å². The van der Waals surface area contributed by atoms with Crippen molar-refractivity contribution in [1.29, 1.82) is 0 Å². The fraction of sp³-hybridized carbons (Fsp3) is 0.375. The largest absolute Gasteiger partial charge is 0.445 e. The third kappa shape index (κ3) is 2.96. The highest BCUT2D eigenvalue weighted by atomic mass is 32.1. The standard InChI is InChI=1S/C16H17N3O3S/c1-9(2)12-18-19-15(23-12)17-14(21)16(3)8-10-6-4-5-7-11(10)13(20)22-16/h4-7,9H,8H2,1-3H3,(H,17,19,21)/t16-/m1/s1. The van der Waals surface area contributed by atoms with Gasteiger partial charge < -0.3 is 4.74 Å². The van der Waals surface area contributed by atoms with Crippen molar-refractivity contribution in [3.05, 3.63) is 40.4 Å². The number of aromatic nitrogens is 2. The number of amides is 1. The summed E-state index contributed by atoms with van der Waals surface area (Å²) in [7, 11) is 0. The minimum absolute atomic E-state index is 0.244. The number of fused-ring (bicyclic) bond motifs is 1. The van der Waals surface area contributed by atoms with Crippen molar-refractivity contribution in [2.75, 3.05) is 5.32 Å². The van der Waals surface area contributed by atoms with Gasteiger partial charge in [-0.2, -0.15) is 0 Å². The van der Waals surface area contributed by atoms with E-state index in [0.717, 1.165) is 10.6 Å². The summed E-state index contributed by atoms with van der Waals surface area (Å²) in [4.78, 5) is 24.7. The van der Waals surface area contributed by atoms with Crippen LogP contribution in [0.4, 0.5) is 5.13 Å². The number of esters is 1. The Kier molecular flexibility index (Phi) is 3.89. The van der Waals surface area contributed by atoms with E-state index in [1.54, 1.807) is 19.1 Å². The second-order valence-corrected chi connectivity index (χ2v) is 7.02. The first-order valence-electron chi connectivity index (χ1n) is 7.35. The van der Waals surface area contributed by atoms with Gasteiger partial charge in [-0.05, 0) is 18.6 Å². The highest BCUT2D eigenvalue weighted by molar-refractivity contribution is 7.15. The Morgan fingerprint density at radius 3 is 2.78 bits per heavy atom. The van der Waals surface area contributed by atoms with Gasteiger partial charge in [0.25, 0.3) is 5.91 Å². The number of cyclic esters (lactones) is 1. The topological polar surface area (TPSA) is 81.2 Å². The van der Waals surface area contributed by atoms with Crippen LogP contribution in [-0.4, -0.2) is 27.7 Å². The summed E-state index contributed by atoms with van der Waals surface area (Å²) in [6, 6.07) is 7.16. The molecule has 7 heteroatoms. The molecule has 0 unspecified atom stereocenters. The number of ether oxygens (including phenoxy) is 1. The Balaban J connectivity index is 1.80. The normalized spacial score (nSPS) is 20.1. The first-order chi connectivity index (χ1) is 10.9. The van der Waals surface area contributed by atoms with Gasteiger partial charge in [-0.25, -0.2) is 4.79 Å². The minimum Gasteiger partial charge on any atom is -0.445 e. The van der Waals surface area contributed by atoms with Crippen LogP contribution in [0.1, 0.15) is 47.6 Å². The second-order valence-electron chi connectivity index (χ2n) is 6.01. The molecular formula is C16H17N3O3S. The zero-order chi connectivity index (χ0) is 16.6. The van der Waals surface area contributed by atoms with Gasteiger partial charge in [0.15, 0.2) is 5.60 Å². The lowest BCUT2D eigenvalue weighted by atomic mass is 9.89. The van der Waals surface area contributed by atoms with Crippen molar-refractivity contribution in [3.63, 3.8) is 0 Å². The maximum Gasteiger partial charge on any atom is 0.339 e. The maximum atomic E-state index is 12.6. The Morgan fingerprint density at radius 2 is 2.09 bits per heavy atom. The smallest absolute Gasteiger partial charge is 0.339 e. The first-order valence-corrected chi connectivity index (χ1v) is 8.17. The number of carbonyl (C=O) groups excluding carboxylic acids is 2. The van der Waals surface area contributed by atoms with Crippen molar-refractivity contribution < 1.29 is 14.3 Å². The second kappa shape index (κ2) is 5.73. The number of hydrogen-bond donors (Lipinski definition) is 1. The molecule has 1 aromatic carbocycles. The molecule has 0 radical (unpaired) electrons. The van der Waals surface area contributed by atoms with Gasteiger partial charge in [-0.15, -0.1) is 10.2 Å². The molecule has 120 valence electrons. The number of anilines is 1. The molecule has 0 saturated carbocycles. The lowest BCUT2D eigenvalue weighted by molar-refractivity contribution is -0.134. The Bertz CT molecular complexity index is 771. The molecule has 6 nitrogen and oxygen atoms in total. The maximum absolute atomic E-state index is 12.6. The summed E-state index contributed by atoms with van der Waals surface area (Å²) in [5.74, 6) is -0.635. The van der Waals surface area contributed by atoms with E-state index in [0.29, 0.717) is 17.1 Å². The van der Waals surface area contributed by atoms with E-state index in [1.165, 1.54) is 11.3 Å². The summed E-state index contributed by atoms with van der Waals surface area (Å²) in [6.07, 6.45) is 0.330. The zero-order valence-electron chi connectivity index (χ0n) is 13.1. The van der Waals surface area contributed by atoms with Crippen LogP contribution in [0.5, 0.6) is 0 Å². The van der Waals surface area contributed by atoms with Gasteiger partial charge in [-0.1, -0.05) is 43.4 Å². The molecule has 2 aromatic rings. The van der Waals surface area contributed by atoms with E-state index < -0.39 is 17.5 Å². The molecule has 0 fully saturated rings. The van der Waals surface area contributed by atoms with E-state index in [-0.39, 0.29) is 5.92 Å². The Morgan fingerprint density at radius 1 is 1.35 bits per heavy atom. The summed E-state index contributed by atoms with van der Waals surface area (Å²) >= 11 is 1.32. The van der Waals surface area contributed by atoms with Crippen molar-refractivity contribution in [3.8, 4) is 0 Å². The molecule has 1 aliphatic heterocycles. The van der Waals surface area contributed by atoms with Crippen LogP contribution in [0.3, 0.4) is 0 Å². The summed E-state index contributed by atoms with van der Waals surface area (Å²) in [5.41, 5.74) is 0.0621. The van der Waals surface area contributed by atoms with Gasteiger partial charge in [0.2, 0.25) is 5.13 Å². The third-order valence-corrected chi connectivity index (χ3v) is 4.86. The monoisotopic (exact) mass is 331 g/mol. The van der Waals surface area contributed by atoms with Crippen LogP contribution in [0.25, 0.3) is 0 Å². The van der Waals surface area contributed by atoms with Crippen LogP contribution in [-0.2, 0) is 16.0 Å². The average Bonchev–Trinajstić information content (AvgIpc) is 2.96. The van der Waals surface area contributed by atoms with E-state index in [2.05, 4.69) is 15.5 Å². The Labute approximate surface area is 137 Å². The third-order valence-electron chi connectivity index (χ3n) is 3.72. The van der Waals surface area contributed by atoms with Crippen LogP contribution in [0, 0.1) is 0 Å². The molecule has 1 atom stereocenters. The molecule has 23 heavy (non-hydrogen) atoms. The molecule has 1 amide bonds. The summed E-state index contributed by atoms with van der Waals surface area (Å²) < 4.78 is 5.39. The molecular weight excluding hydrogens is 314 g/mol. The van der Waals surface area contributed by atoms with Crippen LogP contribution in [0.2, 0.25) is 0 Å². The lowest BCUT2D eigenvalue weighted by Gasteiger charge is -2.32. The zero-order valence-corrected chi connectivity index (χ0v) is 13.9. The van der Waals surface area contributed by atoms with Crippen molar-refractivity contribution in [1.82, 2.24) is 10.2 Å². The average molecular weight is 331 g/mol. The van der Waals surface area contributed by atoms with E-state index in [9.17, 15) is 9.59 Å². The molecule has 1 aromatic heterocycles. The van der Waals surface area contributed by atoms with Gasteiger partial charge in [0.05, 0.1) is 5.56 Å². The van der Waals surface area contributed by atoms with Gasteiger partial charge in [-0.3, -0.25) is 10.1 Å². The number of nitrogens with one attached hydrogen (secondary N) is 1. The van der Waals surface area contributed by atoms with Gasteiger partial charge in [0, 0.05) is 12.3 Å². The Hall–Kier alpha value is -2.28. The number of hydrogen-bond acceptors (Lipinski definition) is 6. The first kappa shape index (κ1) is 15.6. The predicted molar refractivity (Wildman–Crippen MR) is 86.6 cm³/mol. The fourth-order valence-electron chi connectivity index (χ4n) is 2.41. The van der Waals surface area contributed by atoms with Crippen molar-refractivity contribution in [2.45, 2.75) is 38.7 Å². The minimum atomic E-state index is -1.25. The highest BCUT2D eigenvalue weighted by Gasteiger charge is 2.42. The molecule has 1 aliphatic rings. The van der Waals surface area contributed by atoms with Crippen LogP contribution in [0.15, 0.2) is 24.3 Å². The molecule has 0 saturated heterocycles. The predicted octanol–water partition coefficient (Wildman–Crippen LogP) is 2.77.